The van der Waals surface area contributed by atoms with Crippen LogP contribution in [0, 0.1) is 6.92 Å². The summed E-state index contributed by atoms with van der Waals surface area (Å²) in [5, 5.41) is 6.56. The second kappa shape index (κ2) is 9.09. The van der Waals surface area contributed by atoms with E-state index in [-0.39, 0.29) is 0 Å². The van der Waals surface area contributed by atoms with Crippen LogP contribution < -0.4 is 15.6 Å². The van der Waals surface area contributed by atoms with Crippen LogP contribution in [-0.4, -0.2) is 48.6 Å². The van der Waals surface area contributed by atoms with E-state index in [0.29, 0.717) is 23.6 Å². The fourth-order valence-corrected chi connectivity index (χ4v) is 3.80. The van der Waals surface area contributed by atoms with Gasteiger partial charge in [0.15, 0.2) is 0 Å². The minimum atomic E-state index is -0.548. The number of carbonyl (C=O) groups is 3. The maximum absolute atomic E-state index is 12.5. The highest BCUT2D eigenvalue weighted by Gasteiger charge is 2.37. The van der Waals surface area contributed by atoms with Crippen molar-refractivity contribution in [1.82, 2.24) is 10.3 Å². The number of ketones is 1. The average Bonchev–Trinajstić information content (AvgIpc) is 3.00. The van der Waals surface area contributed by atoms with Crippen LogP contribution in [0.3, 0.4) is 0 Å². The summed E-state index contributed by atoms with van der Waals surface area (Å²) in [6.45, 7) is 4.26. The normalized spacial score (nSPS) is 16.6. The lowest BCUT2D eigenvalue weighted by atomic mass is 10.1. The van der Waals surface area contributed by atoms with Crippen LogP contribution in [0.2, 0.25) is 0 Å². The molecule has 4 rings (SSSR count). The van der Waals surface area contributed by atoms with Crippen molar-refractivity contribution in [3.05, 3.63) is 59.2 Å². The van der Waals surface area contributed by atoms with E-state index >= 15 is 0 Å². The van der Waals surface area contributed by atoms with Gasteiger partial charge in [-0.15, -0.1) is 0 Å². The summed E-state index contributed by atoms with van der Waals surface area (Å²) in [5.41, 5.74) is 5.71. The van der Waals surface area contributed by atoms with Gasteiger partial charge < -0.3 is 5.32 Å². The number of piperidine rings is 1. The number of aryl methyl sites for hydroxylation is 1. The maximum Gasteiger partial charge on any atom is 0.339 e. The van der Waals surface area contributed by atoms with Crippen molar-refractivity contribution in [3.8, 4) is 0 Å². The molecule has 0 saturated carbocycles. The fourth-order valence-electron chi connectivity index (χ4n) is 3.80. The molecule has 2 aromatic carbocycles. The smallest absolute Gasteiger partial charge is 0.306 e. The van der Waals surface area contributed by atoms with E-state index in [0.717, 1.165) is 37.1 Å². The molecular formula is C23H25N5O3. The zero-order chi connectivity index (χ0) is 21.8. The summed E-state index contributed by atoms with van der Waals surface area (Å²) in [6, 6.07) is 12.1. The second-order valence-corrected chi connectivity index (χ2v) is 7.85. The van der Waals surface area contributed by atoms with E-state index in [1.165, 1.54) is 17.4 Å². The van der Waals surface area contributed by atoms with Crippen LogP contribution in [0.5, 0.6) is 0 Å². The molecule has 3 amide bonds. The molecule has 1 saturated heterocycles. The van der Waals surface area contributed by atoms with Crippen molar-refractivity contribution in [1.29, 1.82) is 0 Å². The molecule has 0 radical (unpaired) electrons. The standard InChI is InChI=1S/C23H25N5O3/c1-16-5-7-17(8-6-16)14-24-26-23(31)25-18-9-10-20-19(13-18)21(29)22(30)28(20)15-27-11-3-2-4-12-27/h5-10,13-14H,2-4,11-12,15H2,1H3,(H2,25,26,31)/b24-14+. The monoisotopic (exact) mass is 419 g/mol. The summed E-state index contributed by atoms with van der Waals surface area (Å²) in [4.78, 5) is 40.8. The van der Waals surface area contributed by atoms with Gasteiger partial charge in [0.1, 0.15) is 0 Å². The quantitative estimate of drug-likeness (QED) is 0.442. The third-order valence-corrected chi connectivity index (χ3v) is 5.48. The number of hydrogen-bond donors (Lipinski definition) is 2. The van der Waals surface area contributed by atoms with E-state index in [4.69, 9.17) is 0 Å². The Bertz CT molecular complexity index is 1030. The van der Waals surface area contributed by atoms with Crippen molar-refractivity contribution >= 4 is 35.3 Å². The number of rotatable bonds is 5. The molecule has 2 aliphatic rings. The number of likely N-dealkylation sites (tertiary alicyclic amines) is 1. The minimum Gasteiger partial charge on any atom is -0.306 e. The molecule has 8 heteroatoms. The van der Waals surface area contributed by atoms with Gasteiger partial charge in [0.2, 0.25) is 0 Å². The number of benzene rings is 2. The van der Waals surface area contributed by atoms with Gasteiger partial charge in [0, 0.05) is 5.69 Å². The van der Waals surface area contributed by atoms with Crippen LogP contribution in [0.15, 0.2) is 47.6 Å². The number of Topliss-reactive ketones (excluding diaryl/α,β-unsaturated/α-hetero) is 1. The number of urea groups is 1. The number of hydrogen-bond acceptors (Lipinski definition) is 5. The lowest BCUT2D eigenvalue weighted by molar-refractivity contribution is -0.114. The Balaban J connectivity index is 1.39. The molecule has 1 fully saturated rings. The van der Waals surface area contributed by atoms with Crippen molar-refractivity contribution < 1.29 is 14.4 Å². The first-order chi connectivity index (χ1) is 15.0. The predicted octanol–water partition coefficient (Wildman–Crippen LogP) is 3.12. The third-order valence-electron chi connectivity index (χ3n) is 5.48. The average molecular weight is 419 g/mol. The summed E-state index contributed by atoms with van der Waals surface area (Å²) >= 11 is 0. The van der Waals surface area contributed by atoms with Crippen LogP contribution in [0.25, 0.3) is 0 Å². The highest BCUT2D eigenvalue weighted by Crippen LogP contribution is 2.31. The van der Waals surface area contributed by atoms with E-state index < -0.39 is 17.7 Å². The predicted molar refractivity (Wildman–Crippen MR) is 119 cm³/mol. The van der Waals surface area contributed by atoms with Gasteiger partial charge in [0.25, 0.3) is 5.78 Å². The zero-order valence-corrected chi connectivity index (χ0v) is 17.4. The van der Waals surface area contributed by atoms with Crippen LogP contribution in [-0.2, 0) is 4.79 Å². The number of carbonyl (C=O) groups excluding carboxylic acids is 3. The summed E-state index contributed by atoms with van der Waals surface area (Å²) < 4.78 is 0. The lowest BCUT2D eigenvalue weighted by Gasteiger charge is -2.30. The molecule has 0 atom stereocenters. The first-order valence-electron chi connectivity index (χ1n) is 10.4. The molecule has 0 bridgehead atoms. The molecule has 2 aromatic rings. The summed E-state index contributed by atoms with van der Waals surface area (Å²) in [5.74, 6) is -1.07. The first-order valence-corrected chi connectivity index (χ1v) is 10.4. The Labute approximate surface area is 180 Å². The Kier molecular flexibility index (Phi) is 6.08. The lowest BCUT2D eigenvalue weighted by Crippen LogP contribution is -2.43. The fraction of sp³-hybridized carbons (Fsp3) is 0.304. The molecular weight excluding hydrogens is 394 g/mol. The van der Waals surface area contributed by atoms with E-state index in [1.54, 1.807) is 18.3 Å². The topological polar surface area (TPSA) is 94.1 Å². The largest absolute Gasteiger partial charge is 0.339 e. The molecule has 2 heterocycles. The molecule has 8 nitrogen and oxygen atoms in total. The van der Waals surface area contributed by atoms with Crippen molar-refractivity contribution in [2.24, 2.45) is 5.10 Å². The van der Waals surface area contributed by atoms with E-state index in [1.807, 2.05) is 31.2 Å². The second-order valence-electron chi connectivity index (χ2n) is 7.85. The number of anilines is 2. The minimum absolute atomic E-state index is 0.308. The number of hydrazone groups is 1. The van der Waals surface area contributed by atoms with Gasteiger partial charge in [-0.1, -0.05) is 36.2 Å². The van der Waals surface area contributed by atoms with Crippen LogP contribution in [0.1, 0.15) is 40.7 Å². The Morgan fingerprint density at radius 2 is 1.81 bits per heavy atom. The molecule has 31 heavy (non-hydrogen) atoms. The molecule has 0 aromatic heterocycles. The maximum atomic E-state index is 12.5. The Hall–Kier alpha value is -3.52. The third kappa shape index (κ3) is 4.80. The highest BCUT2D eigenvalue weighted by molar-refractivity contribution is 6.52. The van der Waals surface area contributed by atoms with Gasteiger partial charge in [-0.25, -0.2) is 10.2 Å². The van der Waals surface area contributed by atoms with E-state index in [2.05, 4.69) is 20.7 Å². The molecule has 0 aliphatic carbocycles. The first kappa shape index (κ1) is 20.7. The Morgan fingerprint density at radius 3 is 2.55 bits per heavy atom. The van der Waals surface area contributed by atoms with Gasteiger partial charge in [-0.2, -0.15) is 5.10 Å². The molecule has 160 valence electrons. The summed E-state index contributed by atoms with van der Waals surface area (Å²) in [7, 11) is 0. The van der Waals surface area contributed by atoms with Gasteiger partial charge in [-0.3, -0.25) is 19.4 Å². The molecule has 2 N–H and O–H groups in total. The van der Waals surface area contributed by atoms with Gasteiger partial charge >= 0.3 is 11.9 Å². The number of amides is 3. The molecule has 0 unspecified atom stereocenters. The van der Waals surface area contributed by atoms with Gasteiger partial charge in [-0.05, 0) is 56.6 Å². The SMILES string of the molecule is Cc1ccc(/C=N/NC(=O)Nc2ccc3c(c2)C(=O)C(=O)N3CN2CCCCC2)cc1. The van der Waals surface area contributed by atoms with Crippen molar-refractivity contribution in [3.63, 3.8) is 0 Å². The van der Waals surface area contributed by atoms with Crippen molar-refractivity contribution in [2.75, 3.05) is 30.0 Å². The van der Waals surface area contributed by atoms with Crippen LogP contribution >= 0.6 is 0 Å². The number of nitrogens with one attached hydrogen (secondary N) is 2. The van der Waals surface area contributed by atoms with Crippen molar-refractivity contribution in [2.45, 2.75) is 26.2 Å². The number of nitrogens with zero attached hydrogens (tertiary/aromatic N) is 3. The number of fused-ring (bicyclic) bond motifs is 1. The Morgan fingerprint density at radius 1 is 1.06 bits per heavy atom. The highest BCUT2D eigenvalue weighted by atomic mass is 16.2. The summed E-state index contributed by atoms with van der Waals surface area (Å²) in [6.07, 6.45) is 4.95. The van der Waals surface area contributed by atoms with Crippen LogP contribution in [0.4, 0.5) is 16.2 Å². The molecule has 2 aliphatic heterocycles. The zero-order valence-electron chi connectivity index (χ0n) is 17.4. The molecule has 0 spiro atoms. The van der Waals surface area contributed by atoms with Gasteiger partial charge in [0.05, 0.1) is 24.1 Å². The van der Waals surface area contributed by atoms with E-state index in [9.17, 15) is 14.4 Å².